The molecule has 0 aliphatic carbocycles. The van der Waals surface area contributed by atoms with E-state index in [0.717, 1.165) is 16.5 Å². The molecule has 88 valence electrons. The first-order chi connectivity index (χ1) is 8.15. The minimum atomic E-state index is 0.779. The Kier molecular flexibility index (Phi) is 4.59. The molecule has 0 atom stereocenters. The van der Waals surface area contributed by atoms with Gasteiger partial charge in [-0.1, -0.05) is 23.7 Å². The van der Waals surface area contributed by atoms with Gasteiger partial charge in [0, 0.05) is 24.9 Å². The van der Waals surface area contributed by atoms with Gasteiger partial charge in [-0.05, 0) is 58.5 Å². The second-order valence-electron chi connectivity index (χ2n) is 3.61. The van der Waals surface area contributed by atoms with Gasteiger partial charge >= 0.3 is 0 Å². The molecule has 1 nitrogen and oxygen atoms in total. The molecule has 2 rings (SSSR count). The summed E-state index contributed by atoms with van der Waals surface area (Å²) in [5, 5.41) is 0.779. The number of nitrogens with two attached hydrogens (primary N) is 1. The maximum atomic E-state index is 5.85. The van der Waals surface area contributed by atoms with Crippen molar-refractivity contribution >= 4 is 51.6 Å². The van der Waals surface area contributed by atoms with Crippen LogP contribution in [0.2, 0.25) is 5.02 Å². The van der Waals surface area contributed by atoms with Crippen LogP contribution in [0.25, 0.3) is 0 Å². The van der Waals surface area contributed by atoms with E-state index in [2.05, 4.69) is 40.8 Å². The van der Waals surface area contributed by atoms with Crippen molar-refractivity contribution in [3.63, 3.8) is 0 Å². The summed E-state index contributed by atoms with van der Waals surface area (Å²) in [4.78, 5) is 1.26. The fraction of sp³-hybridized carbons (Fsp3) is 0.0769. The summed E-state index contributed by atoms with van der Waals surface area (Å²) in [6.07, 6.45) is 0. The minimum absolute atomic E-state index is 0.779. The van der Waals surface area contributed by atoms with Crippen molar-refractivity contribution in [2.24, 2.45) is 0 Å². The minimum Gasteiger partial charge on any atom is -0.399 e. The fourth-order valence-electron chi connectivity index (χ4n) is 1.38. The first kappa shape index (κ1) is 13.1. The number of benzene rings is 2. The average Bonchev–Trinajstić information content (AvgIpc) is 2.30. The molecule has 17 heavy (non-hydrogen) atoms. The molecule has 2 N–H and O–H groups in total. The highest BCUT2D eigenvalue weighted by Gasteiger charge is 2.01. The van der Waals surface area contributed by atoms with Crippen molar-refractivity contribution in [2.45, 2.75) is 10.6 Å². The SMILES string of the molecule is Nc1ccc(SCc2ccc(Cl)cc2)c(I)c1. The fourth-order valence-corrected chi connectivity index (χ4v) is 3.38. The Balaban J connectivity index is 2.04. The molecule has 0 bridgehead atoms. The molecule has 2 aromatic rings. The largest absolute Gasteiger partial charge is 0.399 e. The van der Waals surface area contributed by atoms with Gasteiger partial charge < -0.3 is 5.73 Å². The molecule has 0 unspecified atom stereocenters. The maximum absolute atomic E-state index is 5.85. The molecule has 0 amide bonds. The summed E-state index contributed by atoms with van der Waals surface area (Å²) in [7, 11) is 0. The maximum Gasteiger partial charge on any atom is 0.0406 e. The van der Waals surface area contributed by atoms with Crippen LogP contribution in [0.5, 0.6) is 0 Å². The number of nitrogen functional groups attached to an aromatic ring is 1. The number of thioether (sulfide) groups is 1. The van der Waals surface area contributed by atoms with Gasteiger partial charge in [0.05, 0.1) is 0 Å². The van der Waals surface area contributed by atoms with Crippen LogP contribution in [0.3, 0.4) is 0 Å². The summed E-state index contributed by atoms with van der Waals surface area (Å²) < 4.78 is 1.20. The summed E-state index contributed by atoms with van der Waals surface area (Å²) in [6, 6.07) is 13.9. The third-order valence-electron chi connectivity index (χ3n) is 2.26. The third-order valence-corrected chi connectivity index (χ3v) is 4.92. The molecular formula is C13H11ClINS. The standard InChI is InChI=1S/C13H11ClINS/c14-10-3-1-9(2-4-10)8-17-13-6-5-11(16)7-12(13)15/h1-7H,8,16H2. The number of hydrogen-bond acceptors (Lipinski definition) is 2. The van der Waals surface area contributed by atoms with Crippen LogP contribution in [-0.2, 0) is 5.75 Å². The van der Waals surface area contributed by atoms with Gasteiger partial charge in [0.25, 0.3) is 0 Å². The number of anilines is 1. The molecule has 2 aromatic carbocycles. The lowest BCUT2D eigenvalue weighted by atomic mass is 10.2. The van der Waals surface area contributed by atoms with Crippen LogP contribution in [0.15, 0.2) is 47.4 Å². The van der Waals surface area contributed by atoms with Gasteiger partial charge in [-0.25, -0.2) is 0 Å². The van der Waals surface area contributed by atoms with Gasteiger partial charge in [0.15, 0.2) is 0 Å². The first-order valence-corrected chi connectivity index (χ1v) is 7.51. The van der Waals surface area contributed by atoms with Crippen LogP contribution >= 0.6 is 46.0 Å². The molecule has 0 aliphatic heterocycles. The van der Waals surface area contributed by atoms with E-state index in [1.807, 2.05) is 36.0 Å². The Morgan fingerprint density at radius 1 is 1.12 bits per heavy atom. The Bertz CT molecular complexity index is 513. The molecule has 0 radical (unpaired) electrons. The second-order valence-corrected chi connectivity index (χ2v) is 6.22. The van der Waals surface area contributed by atoms with Crippen molar-refractivity contribution in [3.05, 3.63) is 56.6 Å². The Hall–Kier alpha value is -0.390. The van der Waals surface area contributed by atoms with Crippen molar-refractivity contribution in [3.8, 4) is 0 Å². The van der Waals surface area contributed by atoms with Crippen LogP contribution in [0.4, 0.5) is 5.69 Å². The average molecular weight is 376 g/mol. The molecule has 4 heteroatoms. The zero-order chi connectivity index (χ0) is 12.3. The van der Waals surface area contributed by atoms with Crippen LogP contribution in [0, 0.1) is 3.57 Å². The lowest BCUT2D eigenvalue weighted by Crippen LogP contribution is -1.87. The topological polar surface area (TPSA) is 26.0 Å². The molecule has 0 saturated carbocycles. The molecule has 0 saturated heterocycles. The summed E-state index contributed by atoms with van der Waals surface area (Å²) in [6.45, 7) is 0. The Morgan fingerprint density at radius 3 is 2.47 bits per heavy atom. The summed E-state index contributed by atoms with van der Waals surface area (Å²) in [5.41, 5.74) is 7.80. The van der Waals surface area contributed by atoms with Crippen molar-refractivity contribution < 1.29 is 0 Å². The van der Waals surface area contributed by atoms with E-state index in [1.54, 1.807) is 0 Å². The zero-order valence-electron chi connectivity index (χ0n) is 8.99. The number of hydrogen-bond donors (Lipinski definition) is 1. The lowest BCUT2D eigenvalue weighted by molar-refractivity contribution is 1.36. The quantitative estimate of drug-likeness (QED) is 0.473. The van der Waals surface area contributed by atoms with Gasteiger partial charge in [-0.2, -0.15) is 0 Å². The summed E-state index contributed by atoms with van der Waals surface area (Å²) in [5.74, 6) is 0.942. The predicted molar refractivity (Wildman–Crippen MR) is 84.6 cm³/mol. The first-order valence-electron chi connectivity index (χ1n) is 5.07. The summed E-state index contributed by atoms with van der Waals surface area (Å²) >= 11 is 9.97. The van der Waals surface area contributed by atoms with Gasteiger partial charge in [-0.3, -0.25) is 0 Å². The van der Waals surface area contributed by atoms with Gasteiger partial charge in [0.2, 0.25) is 0 Å². The lowest BCUT2D eigenvalue weighted by Gasteiger charge is -2.05. The highest BCUT2D eigenvalue weighted by Crippen LogP contribution is 2.29. The van der Waals surface area contributed by atoms with Crippen LogP contribution < -0.4 is 5.73 Å². The van der Waals surface area contributed by atoms with E-state index >= 15 is 0 Å². The van der Waals surface area contributed by atoms with E-state index < -0.39 is 0 Å². The van der Waals surface area contributed by atoms with Crippen LogP contribution in [-0.4, -0.2) is 0 Å². The molecule has 0 fully saturated rings. The zero-order valence-corrected chi connectivity index (χ0v) is 12.7. The highest BCUT2D eigenvalue weighted by molar-refractivity contribution is 14.1. The smallest absolute Gasteiger partial charge is 0.0406 e. The number of halogens is 2. The number of rotatable bonds is 3. The Labute approximate surface area is 124 Å². The second kappa shape index (κ2) is 5.98. The van der Waals surface area contributed by atoms with E-state index in [4.69, 9.17) is 17.3 Å². The van der Waals surface area contributed by atoms with Crippen molar-refractivity contribution in [1.29, 1.82) is 0 Å². The van der Waals surface area contributed by atoms with Crippen LogP contribution in [0.1, 0.15) is 5.56 Å². The van der Waals surface area contributed by atoms with Crippen molar-refractivity contribution in [1.82, 2.24) is 0 Å². The molecule has 0 heterocycles. The highest BCUT2D eigenvalue weighted by atomic mass is 127. The van der Waals surface area contributed by atoms with E-state index in [0.29, 0.717) is 0 Å². The predicted octanol–water partition coefficient (Wildman–Crippen LogP) is 4.82. The van der Waals surface area contributed by atoms with E-state index in [9.17, 15) is 0 Å². The van der Waals surface area contributed by atoms with Crippen molar-refractivity contribution in [2.75, 3.05) is 5.73 Å². The van der Waals surface area contributed by atoms with E-state index in [-0.39, 0.29) is 0 Å². The molecule has 0 spiro atoms. The van der Waals surface area contributed by atoms with E-state index in [1.165, 1.54) is 14.0 Å². The van der Waals surface area contributed by atoms with Gasteiger partial charge in [0.1, 0.15) is 0 Å². The van der Waals surface area contributed by atoms with Gasteiger partial charge in [-0.15, -0.1) is 11.8 Å². The monoisotopic (exact) mass is 375 g/mol. The molecule has 0 aliphatic rings. The molecule has 0 aromatic heterocycles. The third kappa shape index (κ3) is 3.79. The normalized spacial score (nSPS) is 10.5. The molecular weight excluding hydrogens is 365 g/mol. The Morgan fingerprint density at radius 2 is 1.82 bits per heavy atom.